The summed E-state index contributed by atoms with van der Waals surface area (Å²) in [7, 11) is 0. The van der Waals surface area contributed by atoms with Crippen molar-refractivity contribution in [1.82, 2.24) is 10.3 Å². The lowest BCUT2D eigenvalue weighted by Gasteiger charge is -2.04. The highest BCUT2D eigenvalue weighted by atomic mass is 16.3. The summed E-state index contributed by atoms with van der Waals surface area (Å²) in [5.41, 5.74) is 5.78. The van der Waals surface area contributed by atoms with E-state index in [1.54, 1.807) is 0 Å². The summed E-state index contributed by atoms with van der Waals surface area (Å²) >= 11 is 0. The molecule has 0 atom stereocenters. The Morgan fingerprint density at radius 2 is 1.62 bits per heavy atom. The van der Waals surface area contributed by atoms with Gasteiger partial charge in [-0.15, -0.1) is 0 Å². The van der Waals surface area contributed by atoms with Crippen LogP contribution in [0.4, 0.5) is 0 Å². The van der Waals surface area contributed by atoms with Gasteiger partial charge in [0.2, 0.25) is 0 Å². The number of oxazole rings is 1. The molecule has 24 heavy (non-hydrogen) atoms. The Labute approximate surface area is 146 Å². The van der Waals surface area contributed by atoms with Crippen LogP contribution in [0.3, 0.4) is 0 Å². The van der Waals surface area contributed by atoms with Gasteiger partial charge in [0.25, 0.3) is 5.91 Å². The fourth-order valence-electron chi connectivity index (χ4n) is 2.74. The van der Waals surface area contributed by atoms with Gasteiger partial charge < -0.3 is 15.5 Å². The maximum atomic E-state index is 11.9. The molecule has 0 saturated carbocycles. The van der Waals surface area contributed by atoms with E-state index in [1.165, 1.54) is 70.5 Å². The number of carbonyl (C=O) groups is 1. The molecule has 0 unspecified atom stereocenters. The second-order valence-electron chi connectivity index (χ2n) is 6.46. The standard InChI is InChI=1S/C19H35N3O2/c1-2-3-4-5-6-7-8-9-10-11-12-15-21-19(23)17-16-24-18(22-17)13-14-20/h16H,2-15,20H2,1H3,(H,21,23). The molecule has 0 aliphatic heterocycles. The van der Waals surface area contributed by atoms with Crippen LogP contribution in [0.25, 0.3) is 0 Å². The van der Waals surface area contributed by atoms with E-state index in [2.05, 4.69) is 17.2 Å². The Bertz CT molecular complexity index is 432. The number of unbranched alkanes of at least 4 members (excludes halogenated alkanes) is 10. The zero-order chi connectivity index (χ0) is 17.5. The highest BCUT2D eigenvalue weighted by molar-refractivity contribution is 5.91. The van der Waals surface area contributed by atoms with Crippen molar-refractivity contribution in [1.29, 1.82) is 0 Å². The number of hydrogen-bond acceptors (Lipinski definition) is 4. The molecule has 0 fully saturated rings. The first kappa shape index (κ1) is 20.7. The molecule has 1 rings (SSSR count). The molecular formula is C19H35N3O2. The lowest BCUT2D eigenvalue weighted by atomic mass is 10.1. The highest BCUT2D eigenvalue weighted by Crippen LogP contribution is 2.11. The first-order chi connectivity index (χ1) is 11.8. The van der Waals surface area contributed by atoms with Crippen molar-refractivity contribution in [3.05, 3.63) is 17.8 Å². The summed E-state index contributed by atoms with van der Waals surface area (Å²) in [6, 6.07) is 0. The molecule has 1 aromatic rings. The second-order valence-corrected chi connectivity index (χ2v) is 6.46. The topological polar surface area (TPSA) is 81.2 Å². The first-order valence-electron chi connectivity index (χ1n) is 9.70. The van der Waals surface area contributed by atoms with E-state index in [0.29, 0.717) is 31.1 Å². The van der Waals surface area contributed by atoms with Crippen LogP contribution in [-0.4, -0.2) is 24.0 Å². The molecule has 5 heteroatoms. The van der Waals surface area contributed by atoms with Crippen molar-refractivity contribution >= 4 is 5.91 Å². The smallest absolute Gasteiger partial charge is 0.273 e. The fourth-order valence-corrected chi connectivity index (χ4v) is 2.74. The Balaban J connectivity index is 1.91. The molecule has 1 amide bonds. The molecule has 0 bridgehead atoms. The van der Waals surface area contributed by atoms with Gasteiger partial charge in [0, 0.05) is 19.5 Å². The number of hydrogen-bond donors (Lipinski definition) is 2. The van der Waals surface area contributed by atoms with Crippen LogP contribution in [-0.2, 0) is 6.42 Å². The van der Waals surface area contributed by atoms with E-state index < -0.39 is 0 Å². The number of nitrogens with two attached hydrogens (primary N) is 1. The molecule has 138 valence electrons. The van der Waals surface area contributed by atoms with E-state index >= 15 is 0 Å². The minimum atomic E-state index is -0.158. The molecule has 3 N–H and O–H groups in total. The van der Waals surface area contributed by atoms with Crippen LogP contribution in [0.2, 0.25) is 0 Å². The molecule has 0 aliphatic carbocycles. The predicted octanol–water partition coefficient (Wildman–Crippen LogP) is 4.22. The van der Waals surface area contributed by atoms with E-state index in [4.69, 9.17) is 10.2 Å². The average Bonchev–Trinajstić information content (AvgIpc) is 3.05. The molecule has 5 nitrogen and oxygen atoms in total. The summed E-state index contributed by atoms with van der Waals surface area (Å²) in [5.74, 6) is 0.367. The third kappa shape index (κ3) is 9.71. The molecule has 1 heterocycles. The van der Waals surface area contributed by atoms with Gasteiger partial charge in [-0.05, 0) is 6.42 Å². The SMILES string of the molecule is CCCCCCCCCCCCCNC(=O)c1coc(CCN)n1. The van der Waals surface area contributed by atoms with Crippen molar-refractivity contribution < 1.29 is 9.21 Å². The molecule has 0 saturated heterocycles. The lowest BCUT2D eigenvalue weighted by Crippen LogP contribution is -2.24. The van der Waals surface area contributed by atoms with Gasteiger partial charge in [0.1, 0.15) is 6.26 Å². The minimum Gasteiger partial charge on any atom is -0.448 e. The highest BCUT2D eigenvalue weighted by Gasteiger charge is 2.10. The molecule has 0 aliphatic rings. The largest absolute Gasteiger partial charge is 0.448 e. The van der Waals surface area contributed by atoms with Gasteiger partial charge in [-0.25, -0.2) is 4.98 Å². The maximum absolute atomic E-state index is 11.9. The summed E-state index contributed by atoms with van der Waals surface area (Å²) in [6.45, 7) is 3.43. The summed E-state index contributed by atoms with van der Waals surface area (Å²) in [5, 5.41) is 2.89. The number of nitrogens with zero attached hydrogens (tertiary/aromatic N) is 1. The zero-order valence-corrected chi connectivity index (χ0v) is 15.3. The van der Waals surface area contributed by atoms with Crippen LogP contribution >= 0.6 is 0 Å². The van der Waals surface area contributed by atoms with Crippen LogP contribution in [0.1, 0.15) is 93.9 Å². The zero-order valence-electron chi connectivity index (χ0n) is 15.3. The fraction of sp³-hybridized carbons (Fsp3) is 0.789. The Kier molecular flexibility index (Phi) is 12.1. The van der Waals surface area contributed by atoms with Crippen molar-refractivity contribution in [3.8, 4) is 0 Å². The lowest BCUT2D eigenvalue weighted by molar-refractivity contribution is 0.0948. The quantitative estimate of drug-likeness (QED) is 0.470. The van der Waals surface area contributed by atoms with Gasteiger partial charge in [-0.1, -0.05) is 71.1 Å². The molecule has 0 radical (unpaired) electrons. The molecular weight excluding hydrogens is 302 g/mol. The summed E-state index contributed by atoms with van der Waals surface area (Å²) < 4.78 is 5.19. The van der Waals surface area contributed by atoms with E-state index in [-0.39, 0.29) is 5.91 Å². The van der Waals surface area contributed by atoms with Crippen molar-refractivity contribution in [2.24, 2.45) is 5.73 Å². The monoisotopic (exact) mass is 337 g/mol. The average molecular weight is 338 g/mol. The normalized spacial score (nSPS) is 10.9. The number of nitrogens with one attached hydrogen (secondary N) is 1. The van der Waals surface area contributed by atoms with Crippen molar-refractivity contribution in [3.63, 3.8) is 0 Å². The van der Waals surface area contributed by atoms with E-state index in [0.717, 1.165) is 6.42 Å². The van der Waals surface area contributed by atoms with Crippen LogP contribution in [0.15, 0.2) is 10.7 Å². The number of amides is 1. The summed E-state index contributed by atoms with van der Waals surface area (Å²) in [4.78, 5) is 16.0. The van der Waals surface area contributed by atoms with Crippen molar-refractivity contribution in [2.75, 3.05) is 13.1 Å². The molecule has 0 aromatic carbocycles. The number of rotatable bonds is 15. The predicted molar refractivity (Wildman–Crippen MR) is 98.1 cm³/mol. The van der Waals surface area contributed by atoms with E-state index in [9.17, 15) is 4.79 Å². The van der Waals surface area contributed by atoms with Gasteiger partial charge in [-0.3, -0.25) is 4.79 Å². The van der Waals surface area contributed by atoms with Gasteiger partial charge in [-0.2, -0.15) is 0 Å². The van der Waals surface area contributed by atoms with Crippen LogP contribution in [0, 0.1) is 0 Å². The number of aromatic nitrogens is 1. The van der Waals surface area contributed by atoms with Crippen molar-refractivity contribution in [2.45, 2.75) is 84.0 Å². The third-order valence-corrected chi connectivity index (χ3v) is 4.21. The molecule has 1 aromatic heterocycles. The maximum Gasteiger partial charge on any atom is 0.273 e. The summed E-state index contributed by atoms with van der Waals surface area (Å²) in [6.07, 6.45) is 16.3. The minimum absolute atomic E-state index is 0.158. The molecule has 0 spiro atoms. The van der Waals surface area contributed by atoms with Gasteiger partial charge >= 0.3 is 0 Å². The number of carbonyl (C=O) groups excluding carboxylic acids is 1. The Hall–Kier alpha value is -1.36. The third-order valence-electron chi connectivity index (χ3n) is 4.21. The van der Waals surface area contributed by atoms with Crippen LogP contribution < -0.4 is 11.1 Å². The Morgan fingerprint density at radius 1 is 1.04 bits per heavy atom. The van der Waals surface area contributed by atoms with E-state index in [1.807, 2.05) is 0 Å². The van der Waals surface area contributed by atoms with Gasteiger partial charge in [0.15, 0.2) is 11.6 Å². The van der Waals surface area contributed by atoms with Gasteiger partial charge in [0.05, 0.1) is 0 Å². The van der Waals surface area contributed by atoms with Crippen LogP contribution in [0.5, 0.6) is 0 Å². The second kappa shape index (κ2) is 14.0. The Morgan fingerprint density at radius 3 is 2.21 bits per heavy atom. The first-order valence-corrected chi connectivity index (χ1v) is 9.70.